The van der Waals surface area contributed by atoms with Crippen molar-refractivity contribution in [3.05, 3.63) is 65.3 Å². The molecule has 0 bridgehead atoms. The number of carbonyl (C=O) groups excluding carboxylic acids is 2. The topological polar surface area (TPSA) is 84.0 Å². The molecule has 1 aromatic carbocycles. The highest BCUT2D eigenvalue weighted by atomic mass is 32.1. The van der Waals surface area contributed by atoms with Gasteiger partial charge in [0.25, 0.3) is 0 Å². The Kier molecular flexibility index (Phi) is 5.93. The second kappa shape index (κ2) is 8.55. The van der Waals surface area contributed by atoms with E-state index < -0.39 is 0 Å². The Morgan fingerprint density at radius 3 is 2.63 bits per heavy atom. The lowest BCUT2D eigenvalue weighted by molar-refractivity contribution is -0.120. The van der Waals surface area contributed by atoms with Crippen LogP contribution in [0.3, 0.4) is 0 Å². The summed E-state index contributed by atoms with van der Waals surface area (Å²) in [7, 11) is 0. The highest BCUT2D eigenvalue weighted by Crippen LogP contribution is 2.25. The summed E-state index contributed by atoms with van der Waals surface area (Å²) >= 11 is 1.35. The molecule has 0 radical (unpaired) electrons. The van der Waals surface area contributed by atoms with Gasteiger partial charge in [0.1, 0.15) is 0 Å². The largest absolute Gasteiger partial charge is 0.349 e. The molecule has 0 saturated heterocycles. The normalized spacial score (nSPS) is 11.6. The van der Waals surface area contributed by atoms with Crippen LogP contribution in [0.5, 0.6) is 0 Å². The Morgan fingerprint density at radius 1 is 1.19 bits per heavy atom. The summed E-state index contributed by atoms with van der Waals surface area (Å²) in [5.41, 5.74) is 3.67. The lowest BCUT2D eigenvalue weighted by atomic mass is 10.0. The van der Waals surface area contributed by atoms with Crippen LogP contribution in [-0.4, -0.2) is 21.8 Å². The molecule has 0 spiro atoms. The SMILES string of the molecule is CC(=O)NC(CC(=O)Nc1nc(-c2cccnc2)cs1)c1ccc(C)cc1. The van der Waals surface area contributed by atoms with E-state index >= 15 is 0 Å². The maximum atomic E-state index is 12.5. The van der Waals surface area contributed by atoms with Gasteiger partial charge in [0, 0.05) is 30.3 Å². The highest BCUT2D eigenvalue weighted by Gasteiger charge is 2.18. The number of anilines is 1. The van der Waals surface area contributed by atoms with Crippen molar-refractivity contribution in [3.8, 4) is 11.3 Å². The number of aromatic nitrogens is 2. The zero-order valence-corrected chi connectivity index (χ0v) is 15.9. The van der Waals surface area contributed by atoms with Crippen LogP contribution < -0.4 is 10.6 Å². The van der Waals surface area contributed by atoms with Crippen LogP contribution in [0.4, 0.5) is 5.13 Å². The summed E-state index contributed by atoms with van der Waals surface area (Å²) in [6.07, 6.45) is 3.56. The summed E-state index contributed by atoms with van der Waals surface area (Å²) in [5, 5.41) is 8.04. The van der Waals surface area contributed by atoms with Crippen molar-refractivity contribution in [1.29, 1.82) is 0 Å². The third-order valence-corrected chi connectivity index (χ3v) is 4.71. The molecule has 0 saturated carbocycles. The Balaban J connectivity index is 1.68. The Hall–Kier alpha value is -3.06. The van der Waals surface area contributed by atoms with E-state index in [2.05, 4.69) is 20.6 Å². The van der Waals surface area contributed by atoms with Gasteiger partial charge >= 0.3 is 0 Å². The molecule has 27 heavy (non-hydrogen) atoms. The summed E-state index contributed by atoms with van der Waals surface area (Å²) in [4.78, 5) is 32.5. The maximum absolute atomic E-state index is 12.5. The van der Waals surface area contributed by atoms with Crippen LogP contribution in [0.15, 0.2) is 54.2 Å². The van der Waals surface area contributed by atoms with E-state index in [1.165, 1.54) is 18.3 Å². The van der Waals surface area contributed by atoms with E-state index in [9.17, 15) is 9.59 Å². The number of nitrogens with one attached hydrogen (secondary N) is 2. The predicted octanol–water partition coefficient (Wildman–Crippen LogP) is 3.72. The number of amides is 2. The average molecular weight is 380 g/mol. The number of rotatable bonds is 6. The Bertz CT molecular complexity index is 923. The van der Waals surface area contributed by atoms with Crippen LogP contribution in [0, 0.1) is 6.92 Å². The number of pyridine rings is 1. The standard InChI is InChI=1S/C20H20N4O2S/c1-13-5-7-15(8-6-13)17(22-14(2)25)10-19(26)24-20-23-18(12-27-20)16-4-3-9-21-11-16/h3-9,11-12,17H,10H2,1-2H3,(H,22,25)(H,23,24,26). The summed E-state index contributed by atoms with van der Waals surface area (Å²) in [5.74, 6) is -0.386. The minimum atomic E-state index is -0.388. The van der Waals surface area contributed by atoms with E-state index in [1.54, 1.807) is 12.4 Å². The molecule has 1 atom stereocenters. The summed E-state index contributed by atoms with van der Waals surface area (Å²) in [6, 6.07) is 11.1. The molecule has 0 aliphatic carbocycles. The molecule has 2 heterocycles. The number of nitrogens with zero attached hydrogens (tertiary/aromatic N) is 2. The van der Waals surface area contributed by atoms with Crippen molar-refractivity contribution in [2.24, 2.45) is 0 Å². The van der Waals surface area contributed by atoms with Gasteiger partial charge in [-0.2, -0.15) is 0 Å². The van der Waals surface area contributed by atoms with E-state index in [0.717, 1.165) is 22.4 Å². The fraction of sp³-hybridized carbons (Fsp3) is 0.200. The van der Waals surface area contributed by atoms with Gasteiger partial charge in [0.15, 0.2) is 5.13 Å². The number of benzene rings is 1. The zero-order valence-electron chi connectivity index (χ0n) is 15.1. The number of hydrogen-bond acceptors (Lipinski definition) is 5. The van der Waals surface area contributed by atoms with E-state index in [4.69, 9.17) is 0 Å². The molecule has 1 unspecified atom stereocenters. The summed E-state index contributed by atoms with van der Waals surface area (Å²) < 4.78 is 0. The van der Waals surface area contributed by atoms with Gasteiger partial charge in [-0.25, -0.2) is 4.98 Å². The third kappa shape index (κ3) is 5.21. The monoisotopic (exact) mass is 380 g/mol. The van der Waals surface area contributed by atoms with Crippen LogP contribution in [0.1, 0.15) is 30.5 Å². The van der Waals surface area contributed by atoms with E-state index in [0.29, 0.717) is 5.13 Å². The quantitative estimate of drug-likeness (QED) is 0.683. The minimum Gasteiger partial charge on any atom is -0.349 e. The highest BCUT2D eigenvalue weighted by molar-refractivity contribution is 7.14. The second-order valence-electron chi connectivity index (χ2n) is 6.20. The first-order valence-corrected chi connectivity index (χ1v) is 9.38. The number of hydrogen-bond donors (Lipinski definition) is 2. The third-order valence-electron chi connectivity index (χ3n) is 3.95. The first-order chi connectivity index (χ1) is 13.0. The van der Waals surface area contributed by atoms with Crippen molar-refractivity contribution < 1.29 is 9.59 Å². The molecule has 0 aliphatic rings. The first-order valence-electron chi connectivity index (χ1n) is 8.50. The number of carbonyl (C=O) groups is 2. The molecule has 3 aromatic rings. The van der Waals surface area contributed by atoms with Crippen molar-refractivity contribution in [2.75, 3.05) is 5.32 Å². The molecule has 6 nitrogen and oxygen atoms in total. The fourth-order valence-corrected chi connectivity index (χ4v) is 3.37. The van der Waals surface area contributed by atoms with Crippen molar-refractivity contribution in [2.45, 2.75) is 26.3 Å². The number of aryl methyl sites for hydroxylation is 1. The van der Waals surface area contributed by atoms with Crippen LogP contribution in [-0.2, 0) is 9.59 Å². The average Bonchev–Trinajstić information content (AvgIpc) is 3.10. The van der Waals surface area contributed by atoms with Gasteiger partial charge in [-0.3, -0.25) is 14.6 Å². The first kappa shape index (κ1) is 18.7. The molecule has 2 N–H and O–H groups in total. The molecule has 138 valence electrons. The van der Waals surface area contributed by atoms with Crippen LogP contribution in [0.2, 0.25) is 0 Å². The van der Waals surface area contributed by atoms with Crippen LogP contribution in [0.25, 0.3) is 11.3 Å². The molecule has 7 heteroatoms. The molecule has 2 amide bonds. The van der Waals surface area contributed by atoms with Crippen molar-refractivity contribution in [1.82, 2.24) is 15.3 Å². The molecule has 2 aromatic heterocycles. The maximum Gasteiger partial charge on any atom is 0.228 e. The fourth-order valence-electron chi connectivity index (χ4n) is 2.63. The van der Waals surface area contributed by atoms with Gasteiger partial charge in [-0.1, -0.05) is 29.8 Å². The molecular weight excluding hydrogens is 360 g/mol. The van der Waals surface area contributed by atoms with E-state index in [1.807, 2.05) is 48.7 Å². The lowest BCUT2D eigenvalue weighted by Gasteiger charge is -2.18. The van der Waals surface area contributed by atoms with Gasteiger partial charge in [0.05, 0.1) is 18.2 Å². The lowest BCUT2D eigenvalue weighted by Crippen LogP contribution is -2.29. The molecule has 3 rings (SSSR count). The molecule has 0 aliphatic heterocycles. The number of thiazole rings is 1. The van der Waals surface area contributed by atoms with Crippen molar-refractivity contribution >= 4 is 28.3 Å². The van der Waals surface area contributed by atoms with E-state index in [-0.39, 0.29) is 24.3 Å². The van der Waals surface area contributed by atoms with Gasteiger partial charge in [-0.05, 0) is 24.6 Å². The Labute approximate surface area is 161 Å². The summed E-state index contributed by atoms with van der Waals surface area (Å²) in [6.45, 7) is 3.44. The molecular formula is C20H20N4O2S. The second-order valence-corrected chi connectivity index (χ2v) is 7.05. The van der Waals surface area contributed by atoms with Gasteiger partial charge in [0.2, 0.25) is 11.8 Å². The minimum absolute atomic E-state index is 0.129. The zero-order chi connectivity index (χ0) is 19.2. The van der Waals surface area contributed by atoms with Gasteiger partial charge < -0.3 is 10.6 Å². The predicted molar refractivity (Wildman–Crippen MR) is 106 cm³/mol. The Morgan fingerprint density at radius 2 is 1.96 bits per heavy atom. The smallest absolute Gasteiger partial charge is 0.228 e. The van der Waals surface area contributed by atoms with Crippen molar-refractivity contribution in [3.63, 3.8) is 0 Å². The molecule has 0 fully saturated rings. The van der Waals surface area contributed by atoms with Crippen LogP contribution >= 0.6 is 11.3 Å². The van der Waals surface area contributed by atoms with Gasteiger partial charge in [-0.15, -0.1) is 11.3 Å².